The predicted molar refractivity (Wildman–Crippen MR) is 56.7 cm³/mol. The second-order valence-corrected chi connectivity index (χ2v) is 4.38. The van der Waals surface area contributed by atoms with E-state index in [1.54, 1.807) is 20.8 Å². The second-order valence-electron chi connectivity index (χ2n) is 4.38. The van der Waals surface area contributed by atoms with Gasteiger partial charge in [0, 0.05) is 19.8 Å². The van der Waals surface area contributed by atoms with Crippen LogP contribution in [0.1, 0.15) is 40.5 Å². The Labute approximate surface area is 95.1 Å². The van der Waals surface area contributed by atoms with Gasteiger partial charge in [-0.05, 0) is 20.8 Å². The van der Waals surface area contributed by atoms with Gasteiger partial charge in [-0.3, -0.25) is 4.79 Å². The topological polar surface area (TPSA) is 69.7 Å². The van der Waals surface area contributed by atoms with Crippen molar-refractivity contribution < 1.29 is 23.9 Å². The average Bonchev–Trinajstić information content (AvgIpc) is 2.08. The van der Waals surface area contributed by atoms with E-state index in [9.17, 15) is 14.4 Å². The van der Waals surface area contributed by atoms with Gasteiger partial charge in [0.05, 0.1) is 0 Å². The van der Waals surface area contributed by atoms with E-state index in [1.165, 1.54) is 6.92 Å². The smallest absolute Gasteiger partial charge is 0.347 e. The molecule has 0 spiro atoms. The molecule has 0 aliphatic carbocycles. The van der Waals surface area contributed by atoms with Gasteiger partial charge in [-0.1, -0.05) is 0 Å². The highest BCUT2D eigenvalue weighted by Crippen LogP contribution is 2.12. The fourth-order valence-corrected chi connectivity index (χ4v) is 1.01. The maximum absolute atomic E-state index is 11.6. The van der Waals surface area contributed by atoms with Crippen molar-refractivity contribution >= 4 is 18.2 Å². The fourth-order valence-electron chi connectivity index (χ4n) is 1.01. The maximum Gasteiger partial charge on any atom is 0.347 e. The number of hydrogen-bond acceptors (Lipinski definition) is 5. The molecule has 0 amide bonds. The summed E-state index contributed by atoms with van der Waals surface area (Å²) in [4.78, 5) is 32.6. The minimum absolute atomic E-state index is 0.150. The number of carbonyl (C=O) groups is 3. The highest BCUT2D eigenvalue weighted by atomic mass is 16.6. The second kappa shape index (κ2) is 6.25. The van der Waals surface area contributed by atoms with Crippen LogP contribution in [0.25, 0.3) is 0 Å². The zero-order valence-electron chi connectivity index (χ0n) is 10.1. The van der Waals surface area contributed by atoms with Crippen LogP contribution in [0.5, 0.6) is 0 Å². The van der Waals surface area contributed by atoms with Crippen LogP contribution >= 0.6 is 0 Å². The minimum Gasteiger partial charge on any atom is -0.457 e. The molecule has 0 heterocycles. The standard InChI is InChI=1S/C11H18O5/c1-8(13)15-9(6-5-7-12)10(14)16-11(2,3)4/h7,9H,5-6H2,1-4H3/t9-/m1/s1. The van der Waals surface area contributed by atoms with E-state index in [2.05, 4.69) is 0 Å². The third-order valence-corrected chi connectivity index (χ3v) is 1.52. The Kier molecular flexibility index (Phi) is 5.71. The largest absolute Gasteiger partial charge is 0.457 e. The van der Waals surface area contributed by atoms with Gasteiger partial charge in [0.15, 0.2) is 6.10 Å². The lowest BCUT2D eigenvalue weighted by Gasteiger charge is -2.23. The van der Waals surface area contributed by atoms with Crippen LogP contribution in [0.3, 0.4) is 0 Å². The molecule has 0 aromatic heterocycles. The first-order valence-electron chi connectivity index (χ1n) is 5.10. The van der Waals surface area contributed by atoms with Crippen molar-refractivity contribution in [1.82, 2.24) is 0 Å². The predicted octanol–water partition coefficient (Wildman–Crippen LogP) is 1.24. The summed E-state index contributed by atoms with van der Waals surface area (Å²) in [6.45, 7) is 6.36. The van der Waals surface area contributed by atoms with Crippen LogP contribution in [0.2, 0.25) is 0 Å². The number of rotatable bonds is 5. The molecule has 5 nitrogen and oxygen atoms in total. The van der Waals surface area contributed by atoms with E-state index in [-0.39, 0.29) is 12.8 Å². The Balaban J connectivity index is 4.42. The number of hydrogen-bond donors (Lipinski definition) is 0. The summed E-state index contributed by atoms with van der Waals surface area (Å²) in [7, 11) is 0. The van der Waals surface area contributed by atoms with Gasteiger partial charge >= 0.3 is 11.9 Å². The molecular formula is C11H18O5. The fraction of sp³-hybridized carbons (Fsp3) is 0.727. The van der Waals surface area contributed by atoms with Crippen LogP contribution in [-0.2, 0) is 23.9 Å². The molecule has 0 N–H and O–H groups in total. The molecule has 16 heavy (non-hydrogen) atoms. The minimum atomic E-state index is -0.998. The van der Waals surface area contributed by atoms with Gasteiger partial charge in [0.1, 0.15) is 11.9 Å². The average molecular weight is 230 g/mol. The van der Waals surface area contributed by atoms with Crippen LogP contribution in [-0.4, -0.2) is 29.9 Å². The lowest BCUT2D eigenvalue weighted by atomic mass is 10.1. The molecule has 0 unspecified atom stereocenters. The van der Waals surface area contributed by atoms with E-state index in [0.717, 1.165) is 0 Å². The van der Waals surface area contributed by atoms with Gasteiger partial charge in [-0.2, -0.15) is 0 Å². The lowest BCUT2D eigenvalue weighted by molar-refractivity contribution is -0.175. The third kappa shape index (κ3) is 6.98. The van der Waals surface area contributed by atoms with Crippen LogP contribution in [0, 0.1) is 0 Å². The number of ether oxygens (including phenoxy) is 2. The SMILES string of the molecule is CC(=O)O[C@H](CCC=O)C(=O)OC(C)(C)C. The molecule has 92 valence electrons. The Morgan fingerprint density at radius 3 is 2.25 bits per heavy atom. The van der Waals surface area contributed by atoms with E-state index < -0.39 is 23.6 Å². The van der Waals surface area contributed by atoms with Gasteiger partial charge in [-0.15, -0.1) is 0 Å². The number of aldehydes is 1. The molecule has 0 aliphatic heterocycles. The molecule has 1 atom stereocenters. The highest BCUT2D eigenvalue weighted by Gasteiger charge is 2.27. The van der Waals surface area contributed by atoms with Gasteiger partial charge in [0.2, 0.25) is 0 Å². The molecule has 0 rings (SSSR count). The molecule has 0 saturated heterocycles. The molecule has 0 aromatic rings. The van der Waals surface area contributed by atoms with E-state index in [4.69, 9.17) is 9.47 Å². The zero-order valence-corrected chi connectivity index (χ0v) is 10.1. The summed E-state index contributed by atoms with van der Waals surface area (Å²) in [6.07, 6.45) is -0.0299. The molecule has 0 saturated carbocycles. The summed E-state index contributed by atoms with van der Waals surface area (Å²) < 4.78 is 9.85. The highest BCUT2D eigenvalue weighted by molar-refractivity contribution is 5.79. The number of carbonyl (C=O) groups excluding carboxylic acids is 3. The molecule has 0 fully saturated rings. The summed E-state index contributed by atoms with van der Waals surface area (Å²) in [5.74, 6) is -1.19. The Hall–Kier alpha value is -1.39. The van der Waals surface area contributed by atoms with Crippen LogP contribution < -0.4 is 0 Å². The van der Waals surface area contributed by atoms with Crippen LogP contribution in [0.15, 0.2) is 0 Å². The molecule has 0 aromatic carbocycles. The first-order chi connectivity index (χ1) is 7.26. The molecule has 5 heteroatoms. The van der Waals surface area contributed by atoms with Crippen molar-refractivity contribution in [2.75, 3.05) is 0 Å². The lowest BCUT2D eigenvalue weighted by Crippen LogP contribution is -2.34. The summed E-state index contributed by atoms with van der Waals surface area (Å²) >= 11 is 0. The van der Waals surface area contributed by atoms with E-state index in [0.29, 0.717) is 6.29 Å². The summed E-state index contributed by atoms with van der Waals surface area (Å²) in [6, 6.07) is 0. The first-order valence-corrected chi connectivity index (χ1v) is 5.10. The van der Waals surface area contributed by atoms with Gasteiger partial charge in [0.25, 0.3) is 0 Å². The van der Waals surface area contributed by atoms with Crippen molar-refractivity contribution in [2.24, 2.45) is 0 Å². The summed E-state index contributed by atoms with van der Waals surface area (Å²) in [5.41, 5.74) is -0.642. The van der Waals surface area contributed by atoms with Crippen molar-refractivity contribution in [1.29, 1.82) is 0 Å². The molecule has 0 bridgehead atoms. The molecule has 0 radical (unpaired) electrons. The van der Waals surface area contributed by atoms with Gasteiger partial charge < -0.3 is 14.3 Å². The van der Waals surface area contributed by atoms with Crippen LogP contribution in [0.4, 0.5) is 0 Å². The quantitative estimate of drug-likeness (QED) is 0.525. The summed E-state index contributed by atoms with van der Waals surface area (Å²) in [5, 5.41) is 0. The Morgan fingerprint density at radius 1 is 1.31 bits per heavy atom. The van der Waals surface area contributed by atoms with Crippen molar-refractivity contribution in [3.05, 3.63) is 0 Å². The molecular weight excluding hydrogens is 212 g/mol. The third-order valence-electron chi connectivity index (χ3n) is 1.52. The van der Waals surface area contributed by atoms with Crippen molar-refractivity contribution in [3.63, 3.8) is 0 Å². The maximum atomic E-state index is 11.6. The van der Waals surface area contributed by atoms with Gasteiger partial charge in [-0.25, -0.2) is 4.79 Å². The van der Waals surface area contributed by atoms with Crippen molar-refractivity contribution in [2.45, 2.75) is 52.2 Å². The van der Waals surface area contributed by atoms with E-state index >= 15 is 0 Å². The van der Waals surface area contributed by atoms with Crippen molar-refractivity contribution in [3.8, 4) is 0 Å². The molecule has 0 aliphatic rings. The normalized spacial score (nSPS) is 12.8. The Bertz CT molecular complexity index is 264. The first kappa shape index (κ1) is 14.6. The number of esters is 2. The Morgan fingerprint density at radius 2 is 1.88 bits per heavy atom. The monoisotopic (exact) mass is 230 g/mol. The zero-order chi connectivity index (χ0) is 12.8. The van der Waals surface area contributed by atoms with E-state index in [1.807, 2.05) is 0 Å².